The van der Waals surface area contributed by atoms with Crippen LogP contribution in [0.3, 0.4) is 0 Å². The number of rotatable bonds is 6. The molecule has 0 unspecified atom stereocenters. The maximum Gasteiger partial charge on any atom is 0.254 e. The number of ether oxygens (including phenoxy) is 1. The summed E-state index contributed by atoms with van der Waals surface area (Å²) in [5.41, 5.74) is 5.37. The maximum atomic E-state index is 12.4. The number of hydrogen-bond acceptors (Lipinski definition) is 4. The Kier molecular flexibility index (Phi) is 5.30. The fourth-order valence-electron chi connectivity index (χ4n) is 3.47. The van der Waals surface area contributed by atoms with Gasteiger partial charge in [-0.25, -0.2) is 0 Å². The smallest absolute Gasteiger partial charge is 0.254 e. The van der Waals surface area contributed by atoms with Gasteiger partial charge in [0.25, 0.3) is 5.56 Å². The molecule has 0 fully saturated rings. The molecule has 0 saturated carbocycles. The van der Waals surface area contributed by atoms with E-state index in [2.05, 4.69) is 35.1 Å². The summed E-state index contributed by atoms with van der Waals surface area (Å²) < 4.78 is 7.39. The van der Waals surface area contributed by atoms with Gasteiger partial charge in [0.15, 0.2) is 0 Å². The molecule has 0 aliphatic carbocycles. The molecule has 6 heteroatoms. The largest absolute Gasteiger partial charge is 0.487 e. The van der Waals surface area contributed by atoms with Gasteiger partial charge < -0.3 is 9.30 Å². The first-order valence-electron chi connectivity index (χ1n) is 9.40. The molecule has 4 rings (SSSR count). The number of pyridine rings is 2. The van der Waals surface area contributed by atoms with Crippen molar-refractivity contribution in [3.63, 3.8) is 0 Å². The van der Waals surface area contributed by atoms with Crippen LogP contribution >= 0.6 is 0 Å². The van der Waals surface area contributed by atoms with Crippen molar-refractivity contribution < 1.29 is 4.74 Å². The number of benzene rings is 1. The lowest BCUT2D eigenvalue weighted by molar-refractivity contribution is 0.300. The molecular weight excluding hydrogens is 349 g/mol. The van der Waals surface area contributed by atoms with Gasteiger partial charge in [-0.2, -0.15) is 0 Å². The first-order chi connectivity index (χ1) is 13.6. The van der Waals surface area contributed by atoms with Crippen LogP contribution in [0.2, 0.25) is 0 Å². The lowest BCUT2D eigenvalue weighted by Crippen LogP contribution is -2.19. The second kappa shape index (κ2) is 8.03. The van der Waals surface area contributed by atoms with E-state index in [0.29, 0.717) is 24.4 Å². The third-order valence-electron chi connectivity index (χ3n) is 4.99. The Bertz CT molecular complexity index is 1030. The first kappa shape index (κ1) is 18.5. The zero-order valence-corrected chi connectivity index (χ0v) is 16.0. The minimum absolute atomic E-state index is 0.0661. The normalized spacial score (nSPS) is 13.5. The SMILES string of the molecule is [B]c1ccc(COc2ccn(CCc3ccc4c(c3)CN(C)C4)c(=O)c2)nc1. The minimum atomic E-state index is -0.0661. The van der Waals surface area contributed by atoms with Gasteiger partial charge in [0.2, 0.25) is 0 Å². The van der Waals surface area contributed by atoms with Gasteiger partial charge in [0.1, 0.15) is 20.2 Å². The summed E-state index contributed by atoms with van der Waals surface area (Å²) in [6.45, 7) is 2.96. The van der Waals surface area contributed by atoms with Crippen molar-refractivity contribution in [1.82, 2.24) is 14.5 Å². The van der Waals surface area contributed by atoms with Crippen molar-refractivity contribution in [3.8, 4) is 5.75 Å². The molecule has 0 N–H and O–H groups in total. The summed E-state index contributed by atoms with van der Waals surface area (Å²) in [5, 5.41) is 0. The monoisotopic (exact) mass is 371 g/mol. The van der Waals surface area contributed by atoms with E-state index in [0.717, 1.165) is 25.2 Å². The number of aryl methyl sites for hydroxylation is 2. The Morgan fingerprint density at radius 3 is 2.75 bits per heavy atom. The van der Waals surface area contributed by atoms with E-state index in [-0.39, 0.29) is 5.56 Å². The van der Waals surface area contributed by atoms with Crippen LogP contribution in [0.4, 0.5) is 0 Å². The van der Waals surface area contributed by atoms with Crippen molar-refractivity contribution in [2.24, 2.45) is 0 Å². The average molecular weight is 371 g/mol. The molecule has 5 nitrogen and oxygen atoms in total. The molecule has 2 aromatic heterocycles. The highest BCUT2D eigenvalue weighted by Crippen LogP contribution is 2.22. The zero-order valence-electron chi connectivity index (χ0n) is 16.0. The number of aromatic nitrogens is 2. The van der Waals surface area contributed by atoms with Crippen molar-refractivity contribution in [2.45, 2.75) is 32.7 Å². The Morgan fingerprint density at radius 2 is 1.96 bits per heavy atom. The molecule has 140 valence electrons. The topological polar surface area (TPSA) is 47.4 Å². The van der Waals surface area contributed by atoms with Crippen molar-refractivity contribution >= 4 is 13.3 Å². The van der Waals surface area contributed by atoms with Gasteiger partial charge >= 0.3 is 0 Å². The summed E-state index contributed by atoms with van der Waals surface area (Å²) in [5.74, 6) is 0.542. The summed E-state index contributed by atoms with van der Waals surface area (Å²) >= 11 is 0. The van der Waals surface area contributed by atoms with E-state index >= 15 is 0 Å². The van der Waals surface area contributed by atoms with Gasteiger partial charge in [-0.05, 0) is 42.3 Å². The molecule has 0 saturated heterocycles. The predicted octanol–water partition coefficient (Wildman–Crippen LogP) is 1.80. The molecule has 2 radical (unpaired) electrons. The standard InChI is InChI=1S/C22H22BN3O2/c1-25-13-17-3-2-16(10-18(17)14-25)6-8-26-9-7-21(11-22(26)27)28-15-20-5-4-19(23)12-24-20/h2-5,7,9-12H,6,8,13-15H2,1H3. The Labute approximate surface area is 166 Å². The zero-order chi connectivity index (χ0) is 19.5. The average Bonchev–Trinajstić information content (AvgIpc) is 3.06. The Morgan fingerprint density at radius 1 is 1.11 bits per heavy atom. The van der Waals surface area contributed by atoms with Crippen LogP contribution in [-0.4, -0.2) is 29.3 Å². The van der Waals surface area contributed by atoms with Crippen molar-refractivity contribution in [2.75, 3.05) is 7.05 Å². The van der Waals surface area contributed by atoms with E-state index in [4.69, 9.17) is 12.6 Å². The molecule has 3 aromatic rings. The highest BCUT2D eigenvalue weighted by molar-refractivity contribution is 6.31. The third kappa shape index (κ3) is 4.34. The second-order valence-electron chi connectivity index (χ2n) is 7.29. The molecule has 28 heavy (non-hydrogen) atoms. The van der Waals surface area contributed by atoms with E-state index in [1.165, 1.54) is 22.8 Å². The predicted molar refractivity (Wildman–Crippen MR) is 110 cm³/mol. The van der Waals surface area contributed by atoms with Crippen LogP contribution in [0.25, 0.3) is 0 Å². The van der Waals surface area contributed by atoms with E-state index in [1.807, 2.05) is 12.1 Å². The van der Waals surface area contributed by atoms with Gasteiger partial charge in [0, 0.05) is 38.1 Å². The molecule has 3 heterocycles. The van der Waals surface area contributed by atoms with Gasteiger partial charge in [0.05, 0.1) is 5.69 Å². The first-order valence-corrected chi connectivity index (χ1v) is 9.40. The van der Waals surface area contributed by atoms with Crippen LogP contribution in [0.15, 0.2) is 59.7 Å². The second-order valence-corrected chi connectivity index (χ2v) is 7.29. The molecule has 1 aliphatic rings. The number of fused-ring (bicyclic) bond motifs is 1. The summed E-state index contributed by atoms with van der Waals surface area (Å²) in [7, 11) is 7.76. The quantitative estimate of drug-likeness (QED) is 0.620. The summed E-state index contributed by atoms with van der Waals surface area (Å²) in [4.78, 5) is 18.9. The maximum absolute atomic E-state index is 12.4. The Balaban J connectivity index is 1.36. The number of hydrogen-bond donors (Lipinski definition) is 0. The summed E-state index contributed by atoms with van der Waals surface area (Å²) in [6, 6.07) is 13.6. The van der Waals surface area contributed by atoms with Crippen LogP contribution < -0.4 is 15.8 Å². The molecule has 1 aliphatic heterocycles. The van der Waals surface area contributed by atoms with E-state index in [9.17, 15) is 4.79 Å². The highest BCUT2D eigenvalue weighted by atomic mass is 16.5. The van der Waals surface area contributed by atoms with Crippen LogP contribution in [0.1, 0.15) is 22.4 Å². The molecule has 0 bridgehead atoms. The van der Waals surface area contributed by atoms with Gasteiger partial charge in [-0.3, -0.25) is 14.7 Å². The van der Waals surface area contributed by atoms with Crippen molar-refractivity contribution in [1.29, 1.82) is 0 Å². The lowest BCUT2D eigenvalue weighted by Gasteiger charge is -2.10. The molecule has 0 amide bonds. The van der Waals surface area contributed by atoms with E-state index < -0.39 is 0 Å². The molecular formula is C22H22BN3O2. The summed E-state index contributed by atoms with van der Waals surface area (Å²) in [6.07, 6.45) is 4.20. The number of nitrogens with zero attached hydrogens (tertiary/aromatic N) is 3. The van der Waals surface area contributed by atoms with Gasteiger partial charge in [-0.1, -0.05) is 29.7 Å². The fourth-order valence-corrected chi connectivity index (χ4v) is 3.47. The molecule has 0 atom stereocenters. The van der Waals surface area contributed by atoms with Gasteiger partial charge in [-0.15, -0.1) is 0 Å². The van der Waals surface area contributed by atoms with Crippen molar-refractivity contribution in [3.05, 3.63) is 87.6 Å². The van der Waals surface area contributed by atoms with Crippen LogP contribution in [-0.2, 0) is 32.7 Å². The Hall–Kier alpha value is -2.86. The molecule has 0 spiro atoms. The van der Waals surface area contributed by atoms with Crippen LogP contribution in [0.5, 0.6) is 5.75 Å². The molecule has 1 aromatic carbocycles. The highest BCUT2D eigenvalue weighted by Gasteiger charge is 2.15. The minimum Gasteiger partial charge on any atom is -0.487 e. The van der Waals surface area contributed by atoms with Crippen LogP contribution in [0, 0.1) is 0 Å². The third-order valence-corrected chi connectivity index (χ3v) is 4.99. The lowest BCUT2D eigenvalue weighted by atomic mass is 9.99. The van der Waals surface area contributed by atoms with E-state index in [1.54, 1.807) is 23.0 Å². The fraction of sp³-hybridized carbons (Fsp3) is 0.273.